The van der Waals surface area contributed by atoms with Gasteiger partial charge in [0.25, 0.3) is 5.56 Å². The van der Waals surface area contributed by atoms with Gasteiger partial charge >= 0.3 is 0 Å². The van der Waals surface area contributed by atoms with E-state index in [0.717, 1.165) is 16.6 Å². The molecule has 0 saturated heterocycles. The zero-order valence-corrected chi connectivity index (χ0v) is 18.0. The van der Waals surface area contributed by atoms with Crippen LogP contribution in [0.5, 0.6) is 0 Å². The Morgan fingerprint density at radius 2 is 1.91 bits per heavy atom. The number of fused-ring (bicyclic) bond motifs is 2. The highest BCUT2D eigenvalue weighted by molar-refractivity contribution is 7.16. The first kappa shape index (κ1) is 20.1. The van der Waals surface area contributed by atoms with Crippen molar-refractivity contribution in [1.29, 1.82) is 0 Å². The average molecular weight is 444 g/mol. The first-order chi connectivity index (χ1) is 15.7. The lowest BCUT2D eigenvalue weighted by atomic mass is 10.1. The van der Waals surface area contributed by atoms with Crippen molar-refractivity contribution in [2.45, 2.75) is 25.4 Å². The number of aromatic amines is 1. The van der Waals surface area contributed by atoms with Crippen LogP contribution in [0.15, 0.2) is 77.2 Å². The van der Waals surface area contributed by atoms with E-state index in [0.29, 0.717) is 22.5 Å². The summed E-state index contributed by atoms with van der Waals surface area (Å²) in [6.45, 7) is 0.266. The van der Waals surface area contributed by atoms with Crippen molar-refractivity contribution >= 4 is 38.5 Å². The second-order valence-corrected chi connectivity index (χ2v) is 8.48. The van der Waals surface area contributed by atoms with Crippen LogP contribution in [0.2, 0.25) is 0 Å². The second kappa shape index (κ2) is 8.76. The lowest BCUT2D eigenvalue weighted by molar-refractivity contribution is -0.122. The molecule has 0 unspecified atom stereocenters. The summed E-state index contributed by atoms with van der Waals surface area (Å²) in [5, 5.41) is 5.53. The molecule has 0 bridgehead atoms. The molecule has 5 aromatic rings. The highest BCUT2D eigenvalue weighted by atomic mass is 32.1. The number of carbonyl (C=O) groups excluding carboxylic acids is 1. The minimum atomic E-state index is -0.313. The SMILES string of the molecule is O=C(CCn1cnc2sccc2c1=O)N[C@@H](Cc1ccccc1)c1nc2ccccc2[nH]1. The number of amides is 1. The fourth-order valence-electron chi connectivity index (χ4n) is 3.74. The zero-order valence-electron chi connectivity index (χ0n) is 17.2. The largest absolute Gasteiger partial charge is 0.346 e. The molecule has 2 aromatic carbocycles. The summed E-state index contributed by atoms with van der Waals surface area (Å²) in [5.74, 6) is 0.561. The number of rotatable bonds is 7. The number of nitrogens with zero attached hydrogens (tertiary/aromatic N) is 3. The standard InChI is InChI=1S/C24H21N5O2S/c30-21(10-12-29-15-25-23-17(24(29)31)11-13-32-23)26-20(14-16-6-2-1-3-7-16)22-27-18-8-4-5-9-19(18)28-22/h1-9,11,13,15,20H,10,12,14H2,(H,26,30)(H,27,28)/t20-/m0/s1. The lowest BCUT2D eigenvalue weighted by Gasteiger charge is -2.17. The summed E-state index contributed by atoms with van der Waals surface area (Å²) >= 11 is 1.43. The molecule has 8 heteroatoms. The number of hydrogen-bond donors (Lipinski definition) is 2. The average Bonchev–Trinajstić information content (AvgIpc) is 3.46. The van der Waals surface area contributed by atoms with Crippen molar-refractivity contribution in [2.24, 2.45) is 0 Å². The predicted octanol–water partition coefficient (Wildman–Crippen LogP) is 3.82. The predicted molar refractivity (Wildman–Crippen MR) is 126 cm³/mol. The van der Waals surface area contributed by atoms with Gasteiger partial charge in [0.15, 0.2) is 0 Å². The van der Waals surface area contributed by atoms with Gasteiger partial charge in [-0.05, 0) is 35.6 Å². The first-order valence-corrected chi connectivity index (χ1v) is 11.3. The minimum Gasteiger partial charge on any atom is -0.346 e. The third-order valence-electron chi connectivity index (χ3n) is 5.39. The van der Waals surface area contributed by atoms with Crippen LogP contribution in [0.4, 0.5) is 0 Å². The van der Waals surface area contributed by atoms with E-state index in [1.54, 1.807) is 6.07 Å². The van der Waals surface area contributed by atoms with E-state index < -0.39 is 0 Å². The minimum absolute atomic E-state index is 0.123. The fourth-order valence-corrected chi connectivity index (χ4v) is 4.47. The Kier molecular flexibility index (Phi) is 5.51. The van der Waals surface area contributed by atoms with E-state index >= 15 is 0 Å². The van der Waals surface area contributed by atoms with Crippen LogP contribution < -0.4 is 10.9 Å². The van der Waals surface area contributed by atoms with Gasteiger partial charge in [-0.2, -0.15) is 0 Å². The van der Waals surface area contributed by atoms with Gasteiger partial charge in [-0.3, -0.25) is 14.2 Å². The Hall–Kier alpha value is -3.78. The molecule has 3 aromatic heterocycles. The van der Waals surface area contributed by atoms with E-state index in [-0.39, 0.29) is 30.5 Å². The maximum Gasteiger partial charge on any atom is 0.262 e. The summed E-state index contributed by atoms with van der Waals surface area (Å²) in [6, 6.07) is 19.2. The van der Waals surface area contributed by atoms with E-state index in [2.05, 4.69) is 20.3 Å². The van der Waals surface area contributed by atoms with E-state index in [4.69, 9.17) is 0 Å². The Bertz CT molecular complexity index is 1400. The fraction of sp³-hybridized carbons (Fsp3) is 0.167. The van der Waals surface area contributed by atoms with Crippen LogP contribution in [0.25, 0.3) is 21.3 Å². The molecule has 3 heterocycles. The third-order valence-corrected chi connectivity index (χ3v) is 6.21. The number of thiophene rings is 1. The molecule has 0 aliphatic rings. The van der Waals surface area contributed by atoms with Gasteiger partial charge in [0.05, 0.1) is 28.8 Å². The Balaban J connectivity index is 1.34. The Morgan fingerprint density at radius 3 is 2.75 bits per heavy atom. The number of aromatic nitrogens is 4. The lowest BCUT2D eigenvalue weighted by Crippen LogP contribution is -2.32. The van der Waals surface area contributed by atoms with Crippen LogP contribution in [-0.4, -0.2) is 25.4 Å². The van der Waals surface area contributed by atoms with Crippen molar-refractivity contribution in [3.05, 3.63) is 94.1 Å². The summed E-state index contributed by atoms with van der Waals surface area (Å²) in [5.41, 5.74) is 2.76. The molecular formula is C24H21N5O2S. The van der Waals surface area contributed by atoms with Crippen LogP contribution in [-0.2, 0) is 17.8 Å². The summed E-state index contributed by atoms with van der Waals surface area (Å²) in [4.78, 5) is 38.4. The van der Waals surface area contributed by atoms with Crippen LogP contribution in [0.3, 0.4) is 0 Å². The van der Waals surface area contributed by atoms with Crippen LogP contribution in [0, 0.1) is 0 Å². The summed E-state index contributed by atoms with van der Waals surface area (Å²) < 4.78 is 1.49. The Morgan fingerprint density at radius 1 is 1.09 bits per heavy atom. The van der Waals surface area contributed by atoms with E-state index in [9.17, 15) is 9.59 Å². The molecule has 0 saturated carbocycles. The quantitative estimate of drug-likeness (QED) is 0.400. The number of hydrogen-bond acceptors (Lipinski definition) is 5. The molecule has 1 amide bonds. The number of H-pyrrole nitrogens is 1. The smallest absolute Gasteiger partial charge is 0.262 e. The van der Waals surface area contributed by atoms with Crippen molar-refractivity contribution < 1.29 is 4.79 Å². The molecule has 1 atom stereocenters. The molecule has 0 radical (unpaired) electrons. The van der Waals surface area contributed by atoms with Crippen molar-refractivity contribution in [3.8, 4) is 0 Å². The highest BCUT2D eigenvalue weighted by Crippen LogP contribution is 2.20. The number of imidazole rings is 1. The maximum atomic E-state index is 12.8. The topological polar surface area (TPSA) is 92.7 Å². The summed E-state index contributed by atoms with van der Waals surface area (Å²) in [7, 11) is 0. The number of carbonyl (C=O) groups is 1. The molecule has 2 N–H and O–H groups in total. The van der Waals surface area contributed by atoms with Crippen LogP contribution >= 0.6 is 11.3 Å². The van der Waals surface area contributed by atoms with Gasteiger partial charge in [-0.1, -0.05) is 42.5 Å². The first-order valence-electron chi connectivity index (χ1n) is 10.4. The molecule has 0 aliphatic heterocycles. The van der Waals surface area contributed by atoms with Crippen molar-refractivity contribution in [3.63, 3.8) is 0 Å². The molecule has 5 rings (SSSR count). The maximum absolute atomic E-state index is 12.8. The van der Waals surface area contributed by atoms with Gasteiger partial charge in [-0.15, -0.1) is 11.3 Å². The van der Waals surface area contributed by atoms with Gasteiger partial charge in [0.2, 0.25) is 5.91 Å². The number of benzene rings is 2. The third kappa shape index (κ3) is 4.17. The molecular weight excluding hydrogens is 422 g/mol. The van der Waals surface area contributed by atoms with Gasteiger partial charge in [0.1, 0.15) is 10.7 Å². The number of nitrogens with one attached hydrogen (secondary N) is 2. The molecule has 160 valence electrons. The van der Waals surface area contributed by atoms with Gasteiger partial charge in [-0.25, -0.2) is 9.97 Å². The normalized spacial score (nSPS) is 12.2. The van der Waals surface area contributed by atoms with Gasteiger partial charge in [0, 0.05) is 13.0 Å². The Labute approximate surface area is 187 Å². The molecule has 0 fully saturated rings. The van der Waals surface area contributed by atoms with Gasteiger partial charge < -0.3 is 10.3 Å². The second-order valence-electron chi connectivity index (χ2n) is 7.58. The summed E-state index contributed by atoms with van der Waals surface area (Å²) in [6.07, 6.45) is 2.28. The zero-order chi connectivity index (χ0) is 21.9. The van der Waals surface area contributed by atoms with Crippen molar-refractivity contribution in [2.75, 3.05) is 0 Å². The number of para-hydroxylation sites is 2. The van der Waals surface area contributed by atoms with Crippen molar-refractivity contribution in [1.82, 2.24) is 24.8 Å². The molecule has 0 spiro atoms. The molecule has 32 heavy (non-hydrogen) atoms. The monoisotopic (exact) mass is 443 g/mol. The van der Waals surface area contributed by atoms with E-state index in [1.807, 2.05) is 60.0 Å². The highest BCUT2D eigenvalue weighted by Gasteiger charge is 2.19. The van der Waals surface area contributed by atoms with Crippen LogP contribution in [0.1, 0.15) is 23.9 Å². The number of aryl methyl sites for hydroxylation is 1. The molecule has 7 nitrogen and oxygen atoms in total. The van der Waals surface area contributed by atoms with E-state index in [1.165, 1.54) is 22.2 Å². The molecule has 0 aliphatic carbocycles.